The van der Waals surface area contributed by atoms with Gasteiger partial charge in [-0.05, 0) is 58.2 Å². The minimum atomic E-state index is 0.510. The molecule has 1 saturated heterocycles. The summed E-state index contributed by atoms with van der Waals surface area (Å²) in [4.78, 5) is 10.0. The van der Waals surface area contributed by atoms with Crippen LogP contribution >= 0.6 is 0 Å². The molecular formula is C24H41N5. The van der Waals surface area contributed by atoms with Crippen LogP contribution in [0, 0.1) is 0 Å². The number of guanidine groups is 1. The van der Waals surface area contributed by atoms with Gasteiger partial charge in [0.15, 0.2) is 5.96 Å². The summed E-state index contributed by atoms with van der Waals surface area (Å²) in [6.07, 6.45) is 6.82. The predicted octanol–water partition coefficient (Wildman–Crippen LogP) is 3.60. The number of benzene rings is 1. The van der Waals surface area contributed by atoms with Crippen molar-refractivity contribution in [3.63, 3.8) is 0 Å². The standard InChI is InChI=1S/C24H41N5/c1-5-25-24(27-22-14-15-29(18-22)23-12-8-9-13-23)26-16-20-10-6-7-11-21(20)17-28(4)19(2)3/h6-7,10-11,19,22-23H,5,8-9,12-18H2,1-4H3,(H2,25,26,27). The normalized spacial score (nSPS) is 21.4. The molecule has 1 aromatic carbocycles. The Bertz CT molecular complexity index is 650. The third kappa shape index (κ3) is 6.45. The van der Waals surface area contributed by atoms with E-state index >= 15 is 0 Å². The van der Waals surface area contributed by atoms with Crippen LogP contribution in [0.4, 0.5) is 0 Å². The highest BCUT2D eigenvalue weighted by atomic mass is 15.3. The maximum atomic E-state index is 4.94. The molecule has 1 aromatic rings. The molecule has 2 aliphatic rings. The minimum Gasteiger partial charge on any atom is -0.357 e. The molecule has 3 rings (SSSR count). The van der Waals surface area contributed by atoms with Gasteiger partial charge in [-0.25, -0.2) is 4.99 Å². The largest absolute Gasteiger partial charge is 0.357 e. The highest BCUT2D eigenvalue weighted by Crippen LogP contribution is 2.26. The summed E-state index contributed by atoms with van der Waals surface area (Å²) in [6.45, 7) is 11.6. The highest BCUT2D eigenvalue weighted by molar-refractivity contribution is 5.80. The van der Waals surface area contributed by atoms with E-state index in [1.807, 2.05) is 0 Å². The molecule has 5 nitrogen and oxygen atoms in total. The molecule has 1 aliphatic carbocycles. The molecule has 29 heavy (non-hydrogen) atoms. The first-order valence-electron chi connectivity index (χ1n) is 11.6. The first kappa shape index (κ1) is 22.1. The minimum absolute atomic E-state index is 0.510. The SMILES string of the molecule is CCNC(=NCc1ccccc1CN(C)C(C)C)NC1CCN(C2CCCC2)C1. The monoisotopic (exact) mass is 399 g/mol. The highest BCUT2D eigenvalue weighted by Gasteiger charge is 2.30. The van der Waals surface area contributed by atoms with Crippen molar-refractivity contribution >= 4 is 5.96 Å². The van der Waals surface area contributed by atoms with Crippen LogP contribution < -0.4 is 10.6 Å². The van der Waals surface area contributed by atoms with E-state index in [2.05, 4.69) is 72.5 Å². The summed E-state index contributed by atoms with van der Waals surface area (Å²) >= 11 is 0. The summed E-state index contributed by atoms with van der Waals surface area (Å²) in [6, 6.07) is 10.6. The Balaban J connectivity index is 1.59. The fraction of sp³-hybridized carbons (Fsp3) is 0.708. The van der Waals surface area contributed by atoms with Crippen LogP contribution in [0.3, 0.4) is 0 Å². The van der Waals surface area contributed by atoms with E-state index in [0.29, 0.717) is 12.1 Å². The third-order valence-corrected chi connectivity index (χ3v) is 6.57. The Labute approximate surface area is 178 Å². The fourth-order valence-corrected chi connectivity index (χ4v) is 4.50. The van der Waals surface area contributed by atoms with Crippen molar-refractivity contribution in [1.82, 2.24) is 20.4 Å². The molecule has 1 atom stereocenters. The summed E-state index contributed by atoms with van der Waals surface area (Å²) < 4.78 is 0. The van der Waals surface area contributed by atoms with Crippen molar-refractivity contribution in [1.29, 1.82) is 0 Å². The second kappa shape index (κ2) is 11.0. The van der Waals surface area contributed by atoms with Gasteiger partial charge in [0.2, 0.25) is 0 Å². The summed E-state index contributed by atoms with van der Waals surface area (Å²) in [7, 11) is 2.19. The zero-order valence-corrected chi connectivity index (χ0v) is 19.0. The van der Waals surface area contributed by atoms with Gasteiger partial charge in [0.05, 0.1) is 6.54 Å². The van der Waals surface area contributed by atoms with Gasteiger partial charge in [-0.1, -0.05) is 37.1 Å². The maximum absolute atomic E-state index is 4.94. The van der Waals surface area contributed by atoms with Gasteiger partial charge in [0, 0.05) is 44.3 Å². The van der Waals surface area contributed by atoms with Crippen molar-refractivity contribution in [3.8, 4) is 0 Å². The Hall–Kier alpha value is -1.59. The first-order chi connectivity index (χ1) is 14.1. The van der Waals surface area contributed by atoms with Crippen LogP contribution in [-0.2, 0) is 13.1 Å². The van der Waals surface area contributed by atoms with E-state index in [1.165, 1.54) is 49.8 Å². The molecule has 1 saturated carbocycles. The molecule has 0 amide bonds. The number of hydrogen-bond donors (Lipinski definition) is 2. The second-order valence-electron chi connectivity index (χ2n) is 9.04. The second-order valence-corrected chi connectivity index (χ2v) is 9.04. The lowest BCUT2D eigenvalue weighted by Crippen LogP contribution is -2.45. The van der Waals surface area contributed by atoms with Crippen molar-refractivity contribution in [2.45, 2.75) is 84.1 Å². The predicted molar refractivity (Wildman–Crippen MR) is 123 cm³/mol. The zero-order chi connectivity index (χ0) is 20.6. The van der Waals surface area contributed by atoms with Gasteiger partial charge in [0.25, 0.3) is 0 Å². The Morgan fingerprint density at radius 2 is 1.90 bits per heavy atom. The summed E-state index contributed by atoms with van der Waals surface area (Å²) in [5.74, 6) is 0.956. The zero-order valence-electron chi connectivity index (χ0n) is 19.0. The molecule has 5 heteroatoms. The smallest absolute Gasteiger partial charge is 0.191 e. The topological polar surface area (TPSA) is 42.9 Å². The van der Waals surface area contributed by atoms with Crippen LogP contribution in [0.25, 0.3) is 0 Å². The van der Waals surface area contributed by atoms with Crippen LogP contribution in [0.2, 0.25) is 0 Å². The van der Waals surface area contributed by atoms with Gasteiger partial charge in [-0.15, -0.1) is 0 Å². The quantitative estimate of drug-likeness (QED) is 0.518. The molecule has 2 fully saturated rings. The van der Waals surface area contributed by atoms with Gasteiger partial charge in [-0.3, -0.25) is 9.80 Å². The lowest BCUT2D eigenvalue weighted by Gasteiger charge is -2.24. The molecule has 1 unspecified atom stereocenters. The number of rotatable bonds is 8. The fourth-order valence-electron chi connectivity index (χ4n) is 4.50. The lowest BCUT2D eigenvalue weighted by molar-refractivity contribution is 0.242. The van der Waals surface area contributed by atoms with Crippen LogP contribution in [0.5, 0.6) is 0 Å². The number of aliphatic imine (C=N–C) groups is 1. The van der Waals surface area contributed by atoms with Gasteiger partial charge < -0.3 is 10.6 Å². The Morgan fingerprint density at radius 1 is 1.17 bits per heavy atom. The van der Waals surface area contributed by atoms with E-state index in [-0.39, 0.29) is 0 Å². The van der Waals surface area contributed by atoms with Crippen molar-refractivity contribution in [2.75, 3.05) is 26.7 Å². The number of hydrogen-bond acceptors (Lipinski definition) is 3. The van der Waals surface area contributed by atoms with Gasteiger partial charge in [0.1, 0.15) is 0 Å². The van der Waals surface area contributed by atoms with E-state index < -0.39 is 0 Å². The molecule has 2 N–H and O–H groups in total. The molecule has 1 heterocycles. The number of nitrogens with one attached hydrogen (secondary N) is 2. The number of likely N-dealkylation sites (tertiary alicyclic amines) is 1. The van der Waals surface area contributed by atoms with Gasteiger partial charge >= 0.3 is 0 Å². The van der Waals surface area contributed by atoms with Gasteiger partial charge in [-0.2, -0.15) is 0 Å². The molecule has 0 radical (unpaired) electrons. The summed E-state index contributed by atoms with van der Waals surface area (Å²) in [5.41, 5.74) is 2.69. The third-order valence-electron chi connectivity index (χ3n) is 6.57. The summed E-state index contributed by atoms with van der Waals surface area (Å²) in [5, 5.41) is 7.16. The first-order valence-corrected chi connectivity index (χ1v) is 11.6. The maximum Gasteiger partial charge on any atom is 0.191 e. The molecule has 162 valence electrons. The lowest BCUT2D eigenvalue weighted by atomic mass is 10.1. The van der Waals surface area contributed by atoms with E-state index in [0.717, 1.165) is 38.2 Å². The molecular weight excluding hydrogens is 358 g/mol. The van der Waals surface area contributed by atoms with Crippen LogP contribution in [-0.4, -0.2) is 60.6 Å². The van der Waals surface area contributed by atoms with E-state index in [1.54, 1.807) is 0 Å². The molecule has 0 bridgehead atoms. The number of nitrogens with zero attached hydrogens (tertiary/aromatic N) is 3. The van der Waals surface area contributed by atoms with Crippen molar-refractivity contribution < 1.29 is 0 Å². The molecule has 0 spiro atoms. The van der Waals surface area contributed by atoms with Crippen molar-refractivity contribution in [3.05, 3.63) is 35.4 Å². The van der Waals surface area contributed by atoms with Crippen LogP contribution in [0.15, 0.2) is 29.3 Å². The molecule has 1 aliphatic heterocycles. The Morgan fingerprint density at radius 3 is 2.59 bits per heavy atom. The van der Waals surface area contributed by atoms with E-state index in [9.17, 15) is 0 Å². The van der Waals surface area contributed by atoms with E-state index in [4.69, 9.17) is 4.99 Å². The Kier molecular flexibility index (Phi) is 8.37. The van der Waals surface area contributed by atoms with Crippen LogP contribution in [0.1, 0.15) is 64.0 Å². The molecule has 0 aromatic heterocycles. The van der Waals surface area contributed by atoms with Crippen molar-refractivity contribution in [2.24, 2.45) is 4.99 Å². The average Bonchev–Trinajstić information content (AvgIpc) is 3.39. The average molecular weight is 400 g/mol.